The highest BCUT2D eigenvalue weighted by atomic mass is 15.1. The molecule has 0 aliphatic heterocycles. The molecule has 0 atom stereocenters. The Morgan fingerprint density at radius 3 is 1.44 bits per heavy atom. The summed E-state index contributed by atoms with van der Waals surface area (Å²) in [6, 6.07) is 78.8. The van der Waals surface area contributed by atoms with E-state index < -0.39 is 0 Å². The highest BCUT2D eigenvalue weighted by Crippen LogP contribution is 2.43. The summed E-state index contributed by atoms with van der Waals surface area (Å²) in [5.74, 6) is 0. The van der Waals surface area contributed by atoms with Gasteiger partial charge in [-0.1, -0.05) is 152 Å². The molecular weight excluding hydrogens is 653 g/mol. The van der Waals surface area contributed by atoms with Gasteiger partial charge in [0.1, 0.15) is 0 Å². The molecule has 2 nitrogen and oxygen atoms in total. The van der Waals surface area contributed by atoms with Crippen molar-refractivity contribution < 1.29 is 0 Å². The van der Waals surface area contributed by atoms with Crippen LogP contribution < -0.4 is 4.90 Å². The van der Waals surface area contributed by atoms with Crippen LogP contribution in [0.5, 0.6) is 0 Å². The van der Waals surface area contributed by atoms with Gasteiger partial charge in [0.15, 0.2) is 0 Å². The third-order valence-electron chi connectivity index (χ3n) is 10.6. The van der Waals surface area contributed by atoms with Gasteiger partial charge in [0.2, 0.25) is 0 Å². The van der Waals surface area contributed by atoms with E-state index in [1.165, 1.54) is 66.0 Å². The first kappa shape index (κ1) is 31.6. The van der Waals surface area contributed by atoms with Crippen LogP contribution in [0.15, 0.2) is 218 Å². The zero-order valence-electron chi connectivity index (χ0n) is 29.7. The number of rotatable bonds is 7. The number of hydrogen-bond acceptors (Lipinski definition) is 1. The van der Waals surface area contributed by atoms with Crippen molar-refractivity contribution in [2.24, 2.45) is 0 Å². The number of para-hydroxylation sites is 2. The Morgan fingerprint density at radius 1 is 0.296 bits per heavy atom. The lowest BCUT2D eigenvalue weighted by atomic mass is 9.95. The van der Waals surface area contributed by atoms with Gasteiger partial charge < -0.3 is 9.47 Å². The van der Waals surface area contributed by atoms with Crippen LogP contribution >= 0.6 is 0 Å². The number of fused-ring (bicyclic) bond motifs is 4. The number of aromatic nitrogens is 1. The van der Waals surface area contributed by atoms with Crippen molar-refractivity contribution in [1.82, 2.24) is 4.57 Å². The van der Waals surface area contributed by atoms with Crippen molar-refractivity contribution in [2.75, 3.05) is 4.90 Å². The van der Waals surface area contributed by atoms with Crippen LogP contribution in [0.3, 0.4) is 0 Å². The van der Waals surface area contributed by atoms with E-state index in [1.54, 1.807) is 0 Å². The first-order valence-electron chi connectivity index (χ1n) is 18.5. The average molecular weight is 689 g/mol. The topological polar surface area (TPSA) is 8.17 Å². The molecule has 0 unspecified atom stereocenters. The maximum atomic E-state index is 2.39. The van der Waals surface area contributed by atoms with Gasteiger partial charge in [-0.15, -0.1) is 0 Å². The van der Waals surface area contributed by atoms with Gasteiger partial charge in [0, 0.05) is 33.2 Å². The first-order chi connectivity index (χ1) is 26.8. The van der Waals surface area contributed by atoms with Crippen molar-refractivity contribution in [3.05, 3.63) is 218 Å². The van der Waals surface area contributed by atoms with Crippen molar-refractivity contribution >= 4 is 49.6 Å². The first-order valence-corrected chi connectivity index (χ1v) is 18.5. The van der Waals surface area contributed by atoms with Crippen molar-refractivity contribution in [3.63, 3.8) is 0 Å². The molecule has 0 fully saturated rings. The second-order valence-corrected chi connectivity index (χ2v) is 13.8. The smallest absolute Gasteiger partial charge is 0.0541 e. The zero-order valence-corrected chi connectivity index (χ0v) is 29.7. The number of hydrogen-bond donors (Lipinski definition) is 0. The lowest BCUT2D eigenvalue weighted by Crippen LogP contribution is -2.10. The Kier molecular flexibility index (Phi) is 7.85. The maximum absolute atomic E-state index is 2.39. The van der Waals surface area contributed by atoms with Gasteiger partial charge in [-0.3, -0.25) is 0 Å². The Balaban J connectivity index is 1.14. The van der Waals surface area contributed by atoms with Crippen molar-refractivity contribution in [1.29, 1.82) is 0 Å². The van der Waals surface area contributed by atoms with E-state index in [9.17, 15) is 0 Å². The van der Waals surface area contributed by atoms with E-state index in [0.29, 0.717) is 0 Å². The largest absolute Gasteiger partial charge is 0.310 e. The Morgan fingerprint density at radius 2 is 0.778 bits per heavy atom. The van der Waals surface area contributed by atoms with Gasteiger partial charge in [-0.25, -0.2) is 0 Å². The predicted octanol–water partition coefficient (Wildman–Crippen LogP) is 14.4. The lowest BCUT2D eigenvalue weighted by Gasteiger charge is -2.27. The minimum Gasteiger partial charge on any atom is -0.310 e. The quantitative estimate of drug-likeness (QED) is 0.162. The van der Waals surface area contributed by atoms with Gasteiger partial charge in [0.25, 0.3) is 0 Å². The molecule has 0 saturated heterocycles. The molecule has 2 heteroatoms. The zero-order chi connectivity index (χ0) is 35.8. The molecular formula is C52H36N2. The molecule has 0 bridgehead atoms. The number of anilines is 3. The highest BCUT2D eigenvalue weighted by Gasteiger charge is 2.19. The lowest BCUT2D eigenvalue weighted by molar-refractivity contribution is 1.18. The Bertz CT molecular complexity index is 2890. The predicted molar refractivity (Wildman–Crippen MR) is 229 cm³/mol. The molecule has 0 aliphatic carbocycles. The van der Waals surface area contributed by atoms with Crippen LogP contribution in [0.4, 0.5) is 17.1 Å². The van der Waals surface area contributed by atoms with Crippen LogP contribution in [-0.4, -0.2) is 4.57 Å². The van der Waals surface area contributed by atoms with E-state index in [0.717, 1.165) is 22.7 Å². The van der Waals surface area contributed by atoms with E-state index in [2.05, 4.69) is 228 Å². The summed E-state index contributed by atoms with van der Waals surface area (Å²) in [5.41, 5.74) is 14.2. The monoisotopic (exact) mass is 688 g/mol. The van der Waals surface area contributed by atoms with Crippen LogP contribution in [0.25, 0.3) is 71.6 Å². The fourth-order valence-corrected chi connectivity index (χ4v) is 8.03. The van der Waals surface area contributed by atoms with Gasteiger partial charge in [0.05, 0.1) is 16.7 Å². The van der Waals surface area contributed by atoms with Crippen LogP contribution in [-0.2, 0) is 0 Å². The molecule has 10 aromatic rings. The summed E-state index contributed by atoms with van der Waals surface area (Å²) >= 11 is 0. The minimum absolute atomic E-state index is 1.11. The van der Waals surface area contributed by atoms with Crippen LogP contribution in [0.2, 0.25) is 0 Å². The van der Waals surface area contributed by atoms with E-state index in [-0.39, 0.29) is 0 Å². The van der Waals surface area contributed by atoms with Crippen LogP contribution in [0.1, 0.15) is 0 Å². The summed E-state index contributed by atoms with van der Waals surface area (Å²) in [6.07, 6.45) is 0. The molecule has 254 valence electrons. The van der Waals surface area contributed by atoms with Crippen molar-refractivity contribution in [2.45, 2.75) is 0 Å². The van der Waals surface area contributed by atoms with Gasteiger partial charge >= 0.3 is 0 Å². The summed E-state index contributed by atoms with van der Waals surface area (Å²) < 4.78 is 2.39. The minimum atomic E-state index is 1.11. The molecule has 0 saturated carbocycles. The molecule has 0 radical (unpaired) electrons. The van der Waals surface area contributed by atoms with E-state index in [1.807, 2.05) is 0 Å². The molecule has 9 aromatic carbocycles. The van der Waals surface area contributed by atoms with Crippen LogP contribution in [0, 0.1) is 0 Å². The summed E-state index contributed by atoms with van der Waals surface area (Å²) in [5, 5.41) is 4.89. The second-order valence-electron chi connectivity index (χ2n) is 13.8. The standard InChI is InChI=1S/C52H36N2/c1-5-15-37(16-6-1)39-27-31-44(32-28-39)53(42-19-9-3-10-20-42)50-26-14-24-46-45(23-13-25-47(46)50)41-30-34-52-49(36-41)48-35-40(38-17-7-2-8-18-38)29-33-51(48)54(52)43-21-11-4-12-22-43/h1-36H. The fraction of sp³-hybridized carbons (Fsp3) is 0. The van der Waals surface area contributed by atoms with Crippen molar-refractivity contribution in [3.8, 4) is 39.1 Å². The SMILES string of the molecule is c1ccc(-c2ccc(N(c3ccccc3)c3cccc4c(-c5ccc6c(c5)c5cc(-c7ccccc7)ccc5n6-c5ccccc5)cccc34)cc2)cc1. The molecule has 1 heterocycles. The van der Waals surface area contributed by atoms with E-state index >= 15 is 0 Å². The third kappa shape index (κ3) is 5.53. The highest BCUT2D eigenvalue weighted by molar-refractivity contribution is 6.13. The normalized spacial score (nSPS) is 11.3. The maximum Gasteiger partial charge on any atom is 0.0541 e. The summed E-state index contributed by atoms with van der Waals surface area (Å²) in [6.45, 7) is 0. The Hall–Kier alpha value is -7.16. The summed E-state index contributed by atoms with van der Waals surface area (Å²) in [4.78, 5) is 2.38. The van der Waals surface area contributed by atoms with Gasteiger partial charge in [-0.2, -0.15) is 0 Å². The fourth-order valence-electron chi connectivity index (χ4n) is 8.03. The number of benzene rings is 9. The average Bonchev–Trinajstić information content (AvgIpc) is 3.58. The second kappa shape index (κ2) is 13.4. The molecule has 10 rings (SSSR count). The third-order valence-corrected chi connectivity index (χ3v) is 10.6. The molecule has 0 amide bonds. The van der Waals surface area contributed by atoms with E-state index in [4.69, 9.17) is 0 Å². The number of nitrogens with zero attached hydrogens (tertiary/aromatic N) is 2. The molecule has 0 spiro atoms. The molecule has 0 N–H and O–H groups in total. The molecule has 1 aromatic heterocycles. The molecule has 0 aliphatic rings. The summed E-state index contributed by atoms with van der Waals surface area (Å²) in [7, 11) is 0. The molecule has 54 heavy (non-hydrogen) atoms. The van der Waals surface area contributed by atoms with Gasteiger partial charge in [-0.05, 0) is 105 Å². The Labute approximate surface area is 315 Å².